The molecule has 0 aliphatic heterocycles. The first kappa shape index (κ1) is 19.7. The first-order chi connectivity index (χ1) is 11.9. The van der Waals surface area contributed by atoms with Crippen molar-refractivity contribution in [2.45, 2.75) is 24.3 Å². The Morgan fingerprint density at radius 2 is 1.80 bits per heavy atom. The Morgan fingerprint density at radius 1 is 1.16 bits per heavy atom. The Bertz CT molecular complexity index is 786. The zero-order chi connectivity index (χ0) is 18.3. The third-order valence-electron chi connectivity index (χ3n) is 3.69. The molecule has 0 aromatic heterocycles. The highest BCUT2D eigenvalue weighted by molar-refractivity contribution is 7.89. The summed E-state index contributed by atoms with van der Waals surface area (Å²) in [7, 11) is -3.53. The van der Waals surface area contributed by atoms with Crippen LogP contribution in [0, 0.1) is 6.92 Å². The van der Waals surface area contributed by atoms with E-state index in [9.17, 15) is 8.42 Å². The van der Waals surface area contributed by atoms with Gasteiger partial charge in [-0.2, -0.15) is 0 Å². The fourth-order valence-corrected chi connectivity index (χ4v) is 3.51. The number of nitrogens with one attached hydrogen (secondary N) is 1. The molecule has 0 aliphatic rings. The molecule has 0 saturated carbocycles. The van der Waals surface area contributed by atoms with Crippen LogP contribution in [0.3, 0.4) is 0 Å². The highest BCUT2D eigenvalue weighted by atomic mass is 35.5. The van der Waals surface area contributed by atoms with Gasteiger partial charge in [-0.15, -0.1) is 6.58 Å². The number of ether oxygens (including phenoxy) is 1. The largest absolute Gasteiger partial charge is 0.369 e. The summed E-state index contributed by atoms with van der Waals surface area (Å²) in [5.41, 5.74) is 1.96. The van der Waals surface area contributed by atoms with Crippen molar-refractivity contribution in [3.63, 3.8) is 0 Å². The van der Waals surface area contributed by atoms with Gasteiger partial charge in [0, 0.05) is 11.6 Å². The highest BCUT2D eigenvalue weighted by Crippen LogP contribution is 2.23. The molecule has 0 saturated heterocycles. The van der Waals surface area contributed by atoms with Crippen molar-refractivity contribution >= 4 is 21.6 Å². The van der Waals surface area contributed by atoms with Gasteiger partial charge in [0.15, 0.2) is 0 Å². The van der Waals surface area contributed by atoms with E-state index >= 15 is 0 Å². The lowest BCUT2D eigenvalue weighted by Gasteiger charge is -2.18. The van der Waals surface area contributed by atoms with Gasteiger partial charge in [0.1, 0.15) is 0 Å². The summed E-state index contributed by atoms with van der Waals surface area (Å²) in [6.07, 6.45) is 1.93. The average molecular weight is 380 g/mol. The van der Waals surface area contributed by atoms with E-state index in [1.165, 1.54) is 0 Å². The Hall–Kier alpha value is -1.66. The average Bonchev–Trinajstić information content (AvgIpc) is 2.59. The lowest BCUT2D eigenvalue weighted by Crippen LogP contribution is -2.26. The summed E-state index contributed by atoms with van der Waals surface area (Å²) in [5.74, 6) is 0. The highest BCUT2D eigenvalue weighted by Gasteiger charge is 2.16. The van der Waals surface area contributed by atoms with Gasteiger partial charge in [0.2, 0.25) is 10.0 Å². The minimum Gasteiger partial charge on any atom is -0.369 e. The smallest absolute Gasteiger partial charge is 0.240 e. The second-order valence-corrected chi connectivity index (χ2v) is 7.87. The molecule has 6 heteroatoms. The van der Waals surface area contributed by atoms with Crippen molar-refractivity contribution in [1.29, 1.82) is 0 Å². The van der Waals surface area contributed by atoms with E-state index in [0.29, 0.717) is 18.1 Å². The van der Waals surface area contributed by atoms with Gasteiger partial charge >= 0.3 is 0 Å². The standard InChI is InChI=1S/C19H22ClNO3S/c1-3-14-24-19(16-6-8-17(20)9-7-16)12-13-21-25(22,23)18-10-4-15(2)5-11-18/h3-11,19,21H,1,12-14H2,2H3/t19-/m1/s1. The van der Waals surface area contributed by atoms with E-state index in [-0.39, 0.29) is 17.5 Å². The van der Waals surface area contributed by atoms with Crippen LogP contribution >= 0.6 is 11.6 Å². The number of rotatable bonds is 9. The lowest BCUT2D eigenvalue weighted by molar-refractivity contribution is 0.0688. The summed E-state index contributed by atoms with van der Waals surface area (Å²) in [4.78, 5) is 0.258. The van der Waals surface area contributed by atoms with Gasteiger partial charge in [-0.25, -0.2) is 13.1 Å². The third kappa shape index (κ3) is 5.97. The first-order valence-corrected chi connectivity index (χ1v) is 9.83. The van der Waals surface area contributed by atoms with Gasteiger partial charge in [0.25, 0.3) is 0 Å². The monoisotopic (exact) mass is 379 g/mol. The fraction of sp³-hybridized carbons (Fsp3) is 0.263. The molecule has 25 heavy (non-hydrogen) atoms. The maximum atomic E-state index is 12.3. The molecule has 0 heterocycles. The van der Waals surface area contributed by atoms with Crippen LogP contribution in [0.5, 0.6) is 0 Å². The van der Waals surface area contributed by atoms with Crippen LogP contribution < -0.4 is 4.72 Å². The van der Waals surface area contributed by atoms with Gasteiger partial charge in [-0.3, -0.25) is 0 Å². The van der Waals surface area contributed by atoms with Gasteiger partial charge in [-0.05, 0) is 43.2 Å². The Morgan fingerprint density at radius 3 is 2.40 bits per heavy atom. The minimum atomic E-state index is -3.53. The summed E-state index contributed by atoms with van der Waals surface area (Å²) in [5, 5.41) is 0.645. The molecule has 0 fully saturated rings. The first-order valence-electron chi connectivity index (χ1n) is 7.96. The molecule has 2 rings (SSSR count). The molecule has 0 aliphatic carbocycles. The van der Waals surface area contributed by atoms with Crippen LogP contribution in [-0.4, -0.2) is 21.6 Å². The second-order valence-electron chi connectivity index (χ2n) is 5.66. The van der Waals surface area contributed by atoms with Crippen molar-refractivity contribution in [3.8, 4) is 0 Å². The van der Waals surface area contributed by atoms with Crippen LogP contribution in [0.1, 0.15) is 23.7 Å². The van der Waals surface area contributed by atoms with Crippen LogP contribution in [0.15, 0.2) is 66.1 Å². The maximum absolute atomic E-state index is 12.3. The number of hydrogen-bond acceptors (Lipinski definition) is 3. The van der Waals surface area contributed by atoms with E-state index in [4.69, 9.17) is 16.3 Å². The van der Waals surface area contributed by atoms with Crippen molar-refractivity contribution in [1.82, 2.24) is 4.72 Å². The van der Waals surface area contributed by atoms with Crippen LogP contribution in [0.4, 0.5) is 0 Å². The number of hydrogen-bond donors (Lipinski definition) is 1. The molecule has 1 N–H and O–H groups in total. The Kier molecular flexibility index (Phi) is 7.20. The van der Waals surface area contributed by atoms with Crippen LogP contribution in [0.2, 0.25) is 5.02 Å². The predicted octanol–water partition coefficient (Wildman–Crippen LogP) is 4.26. The predicted molar refractivity (Wildman–Crippen MR) is 101 cm³/mol. The number of benzene rings is 2. The second kappa shape index (κ2) is 9.15. The minimum absolute atomic E-state index is 0.240. The summed E-state index contributed by atoms with van der Waals surface area (Å²) >= 11 is 5.92. The fourth-order valence-electron chi connectivity index (χ4n) is 2.33. The van der Waals surface area contributed by atoms with Crippen molar-refractivity contribution < 1.29 is 13.2 Å². The molecule has 0 spiro atoms. The summed E-state index contributed by atoms with van der Waals surface area (Å²) in [6, 6.07) is 14.1. The van der Waals surface area contributed by atoms with Crippen LogP contribution in [-0.2, 0) is 14.8 Å². The summed E-state index contributed by atoms with van der Waals surface area (Å²) in [6.45, 7) is 6.21. The number of halogens is 1. The maximum Gasteiger partial charge on any atom is 0.240 e. The van der Waals surface area contributed by atoms with E-state index in [2.05, 4.69) is 11.3 Å². The molecule has 4 nitrogen and oxygen atoms in total. The molecule has 0 radical (unpaired) electrons. The van der Waals surface area contributed by atoms with Crippen molar-refractivity contribution in [3.05, 3.63) is 77.3 Å². The molecule has 2 aromatic carbocycles. The topological polar surface area (TPSA) is 55.4 Å². The normalized spacial score (nSPS) is 12.7. The zero-order valence-electron chi connectivity index (χ0n) is 14.1. The zero-order valence-corrected chi connectivity index (χ0v) is 15.7. The molecule has 0 unspecified atom stereocenters. The number of sulfonamides is 1. The van der Waals surface area contributed by atoms with Crippen LogP contribution in [0.25, 0.3) is 0 Å². The van der Waals surface area contributed by atoms with Gasteiger partial charge in [-0.1, -0.05) is 47.5 Å². The van der Waals surface area contributed by atoms with Gasteiger partial charge in [0.05, 0.1) is 17.6 Å². The SMILES string of the molecule is C=CCO[C@H](CCNS(=O)(=O)c1ccc(C)cc1)c1ccc(Cl)cc1. The Balaban J connectivity index is 2.01. The molecule has 1 atom stereocenters. The summed E-state index contributed by atoms with van der Waals surface area (Å²) < 4.78 is 33.0. The third-order valence-corrected chi connectivity index (χ3v) is 5.42. The quantitative estimate of drug-likeness (QED) is 0.662. The lowest BCUT2D eigenvalue weighted by atomic mass is 10.1. The molecule has 134 valence electrons. The number of aryl methyl sites for hydroxylation is 1. The molecular weight excluding hydrogens is 358 g/mol. The Labute approximate surface area is 154 Å². The van der Waals surface area contributed by atoms with E-state index in [0.717, 1.165) is 11.1 Å². The van der Waals surface area contributed by atoms with E-state index in [1.54, 1.807) is 42.5 Å². The molecular formula is C19H22ClNO3S. The van der Waals surface area contributed by atoms with E-state index in [1.807, 2.05) is 19.1 Å². The van der Waals surface area contributed by atoms with Crippen molar-refractivity contribution in [2.24, 2.45) is 0 Å². The molecule has 2 aromatic rings. The van der Waals surface area contributed by atoms with Crippen molar-refractivity contribution in [2.75, 3.05) is 13.2 Å². The molecule has 0 bridgehead atoms. The van der Waals surface area contributed by atoms with E-state index < -0.39 is 10.0 Å². The molecule has 0 amide bonds. The van der Waals surface area contributed by atoms with Gasteiger partial charge < -0.3 is 4.74 Å².